The molecule has 4 heterocycles. The largest absolute Gasteiger partial charge is 0.461 e. The van der Waals surface area contributed by atoms with Crippen LogP contribution < -0.4 is 0 Å². The predicted octanol–water partition coefficient (Wildman–Crippen LogP) is 2.73. The average molecular weight is 368 g/mol. The number of hydrogen-bond donors (Lipinski definition) is 0. The van der Waals surface area contributed by atoms with Crippen molar-refractivity contribution in [3.8, 4) is 0 Å². The van der Waals surface area contributed by atoms with E-state index in [4.69, 9.17) is 4.74 Å². The third kappa shape index (κ3) is 2.05. The molecular weight excluding hydrogens is 352 g/mol. The summed E-state index contributed by atoms with van der Waals surface area (Å²) in [5, 5.41) is 3.91. The van der Waals surface area contributed by atoms with Gasteiger partial charge in [0.05, 0.1) is 34.1 Å². The summed E-state index contributed by atoms with van der Waals surface area (Å²) in [6.45, 7) is 7.13. The lowest BCUT2D eigenvalue weighted by Crippen LogP contribution is -2.45. The summed E-state index contributed by atoms with van der Waals surface area (Å²) >= 11 is 0. The monoisotopic (exact) mass is 368 g/mol. The molecule has 1 aliphatic rings. The Labute approximate surface area is 153 Å². The van der Waals surface area contributed by atoms with Gasteiger partial charge >= 0.3 is 5.97 Å². The van der Waals surface area contributed by atoms with Crippen molar-refractivity contribution in [3.05, 3.63) is 34.0 Å². The first-order valence-corrected chi connectivity index (χ1v) is 8.41. The van der Waals surface area contributed by atoms with Crippen molar-refractivity contribution >= 4 is 39.6 Å². The molecule has 0 fully saturated rings. The highest BCUT2D eigenvalue weighted by Gasteiger charge is 2.48. The van der Waals surface area contributed by atoms with Gasteiger partial charge in [-0.2, -0.15) is 4.68 Å². The third-order valence-electron chi connectivity index (χ3n) is 4.63. The van der Waals surface area contributed by atoms with E-state index in [0.717, 1.165) is 4.68 Å². The quantitative estimate of drug-likeness (QED) is 0.399. The number of esters is 1. The molecule has 0 atom stereocenters. The van der Waals surface area contributed by atoms with Crippen LogP contribution in [0.5, 0.6) is 0 Å². The molecule has 138 valence electrons. The first-order valence-electron chi connectivity index (χ1n) is 8.41. The van der Waals surface area contributed by atoms with E-state index in [0.29, 0.717) is 10.8 Å². The van der Waals surface area contributed by atoms with Crippen molar-refractivity contribution in [2.24, 2.45) is 5.29 Å². The van der Waals surface area contributed by atoms with E-state index < -0.39 is 23.3 Å². The number of imide groups is 1. The summed E-state index contributed by atoms with van der Waals surface area (Å²) in [5.74, 6) is -1.57. The van der Waals surface area contributed by atoms with Crippen molar-refractivity contribution in [2.75, 3.05) is 6.61 Å². The Kier molecular flexibility index (Phi) is 3.36. The van der Waals surface area contributed by atoms with Crippen molar-refractivity contribution < 1.29 is 19.1 Å². The summed E-state index contributed by atoms with van der Waals surface area (Å²) < 4.78 is 5.98. The van der Waals surface area contributed by atoms with E-state index in [1.165, 1.54) is 17.2 Å². The van der Waals surface area contributed by atoms with Gasteiger partial charge in [-0.3, -0.25) is 14.5 Å². The molecule has 2 bridgehead atoms. The van der Waals surface area contributed by atoms with Crippen LogP contribution in [-0.4, -0.2) is 44.5 Å². The third-order valence-corrected chi connectivity index (χ3v) is 4.63. The molecule has 3 aromatic heterocycles. The van der Waals surface area contributed by atoms with E-state index >= 15 is 0 Å². The number of carbonyl (C=O) groups excluding carboxylic acids is 3. The number of carbonyl (C=O) groups is 3. The maximum Gasteiger partial charge on any atom is 0.356 e. The summed E-state index contributed by atoms with van der Waals surface area (Å²) in [4.78, 5) is 54.5. The zero-order valence-electron chi connectivity index (χ0n) is 15.2. The second-order valence-electron chi connectivity index (χ2n) is 7.29. The Bertz CT molecular complexity index is 1150. The standard InChI is InChI=1S/C18H16N4O5/c1-5-27-17(25)10-6-8-9(7-19-10)14-12-11(13(8)22(14)20-26)15(23)21(16(12)24)18(2,3)4/h6-7H,5H2,1-4H3. The van der Waals surface area contributed by atoms with Crippen molar-refractivity contribution in [1.82, 2.24) is 14.6 Å². The SMILES string of the molecule is CCOC(=O)c1cc2c(cn1)c1c3c(c2n1N=O)C(=O)N(C(C)(C)C)C3=O. The topological polar surface area (TPSA) is 111 Å². The lowest BCUT2D eigenvalue weighted by molar-refractivity contribution is 0.0500. The van der Waals surface area contributed by atoms with Gasteiger partial charge in [0.2, 0.25) is 0 Å². The Morgan fingerprint density at radius 3 is 2.26 bits per heavy atom. The molecule has 0 radical (unpaired) electrons. The molecule has 9 nitrogen and oxygen atoms in total. The van der Waals surface area contributed by atoms with Crippen LogP contribution in [-0.2, 0) is 4.74 Å². The minimum absolute atomic E-state index is 0.0497. The molecule has 0 unspecified atom stereocenters. The summed E-state index contributed by atoms with van der Waals surface area (Å²) in [5.41, 5.74) is 0.0643. The number of rotatable bonds is 3. The molecule has 3 aromatic rings. The first kappa shape index (κ1) is 17.1. The molecule has 0 N–H and O–H groups in total. The number of nitroso groups, excluding NO2 is 1. The highest BCUT2D eigenvalue weighted by Crippen LogP contribution is 2.44. The van der Waals surface area contributed by atoms with Crippen LogP contribution in [0, 0.1) is 4.91 Å². The van der Waals surface area contributed by atoms with E-state index in [2.05, 4.69) is 10.3 Å². The Balaban J connectivity index is 2.03. The number of nitrogens with zero attached hydrogens (tertiary/aromatic N) is 4. The summed E-state index contributed by atoms with van der Waals surface area (Å²) in [7, 11) is 0. The van der Waals surface area contributed by atoms with Crippen LogP contribution in [0.2, 0.25) is 0 Å². The molecule has 27 heavy (non-hydrogen) atoms. The van der Waals surface area contributed by atoms with E-state index in [1.54, 1.807) is 27.7 Å². The van der Waals surface area contributed by atoms with Crippen LogP contribution in [0.1, 0.15) is 58.9 Å². The zero-order chi connectivity index (χ0) is 19.7. The fourth-order valence-corrected chi connectivity index (χ4v) is 3.64. The average Bonchev–Trinajstić information content (AvgIpc) is 3.19. The van der Waals surface area contributed by atoms with Crippen LogP contribution in [0.3, 0.4) is 0 Å². The molecule has 0 saturated heterocycles. The summed E-state index contributed by atoms with van der Waals surface area (Å²) in [6.07, 6.45) is 1.39. The van der Waals surface area contributed by atoms with Gasteiger partial charge in [-0.25, -0.2) is 9.78 Å². The molecule has 0 aliphatic carbocycles. The van der Waals surface area contributed by atoms with Crippen molar-refractivity contribution in [1.29, 1.82) is 0 Å². The number of amides is 2. The first-order chi connectivity index (χ1) is 12.7. The smallest absolute Gasteiger partial charge is 0.356 e. The van der Waals surface area contributed by atoms with Gasteiger partial charge in [-0.1, -0.05) is 0 Å². The fourth-order valence-electron chi connectivity index (χ4n) is 3.64. The highest BCUT2D eigenvalue weighted by molar-refractivity contribution is 6.35. The molecule has 0 aromatic carbocycles. The Morgan fingerprint density at radius 2 is 1.74 bits per heavy atom. The highest BCUT2D eigenvalue weighted by atomic mass is 16.5. The summed E-state index contributed by atoms with van der Waals surface area (Å²) in [6, 6.07) is 1.45. The molecule has 2 amide bonds. The molecule has 0 spiro atoms. The molecule has 9 heteroatoms. The van der Waals surface area contributed by atoms with Gasteiger partial charge in [0.25, 0.3) is 11.8 Å². The maximum absolute atomic E-state index is 13.0. The number of fused-ring (bicyclic) bond motifs is 8. The molecule has 4 rings (SSSR count). The lowest BCUT2D eigenvalue weighted by Gasteiger charge is -2.29. The van der Waals surface area contributed by atoms with Gasteiger partial charge < -0.3 is 4.74 Å². The normalized spacial score (nSPS) is 14.4. The maximum atomic E-state index is 13.0. The zero-order valence-corrected chi connectivity index (χ0v) is 15.2. The van der Waals surface area contributed by atoms with Gasteiger partial charge in [0.15, 0.2) is 0 Å². The number of benzene rings is 1. The number of ether oxygens (including phenoxy) is 1. The minimum Gasteiger partial charge on any atom is -0.461 e. The van der Waals surface area contributed by atoms with Crippen LogP contribution in [0.25, 0.3) is 21.8 Å². The van der Waals surface area contributed by atoms with E-state index in [-0.39, 0.29) is 34.5 Å². The van der Waals surface area contributed by atoms with Crippen LogP contribution >= 0.6 is 0 Å². The number of aromatic nitrogens is 2. The second kappa shape index (κ2) is 5.32. The number of hydrogen-bond acceptors (Lipinski definition) is 7. The number of pyridine rings is 1. The van der Waals surface area contributed by atoms with Crippen LogP contribution in [0.4, 0.5) is 0 Å². The Morgan fingerprint density at radius 1 is 1.15 bits per heavy atom. The van der Waals surface area contributed by atoms with Crippen molar-refractivity contribution in [3.63, 3.8) is 0 Å². The molecule has 1 aliphatic heterocycles. The van der Waals surface area contributed by atoms with Crippen LogP contribution in [0.15, 0.2) is 17.5 Å². The van der Waals surface area contributed by atoms with E-state index in [9.17, 15) is 19.3 Å². The van der Waals surface area contributed by atoms with Crippen molar-refractivity contribution in [2.45, 2.75) is 33.2 Å². The van der Waals surface area contributed by atoms with Gasteiger partial charge in [0.1, 0.15) is 5.69 Å². The fraction of sp³-hybridized carbons (Fsp3) is 0.333. The molecular formula is C18H16N4O5. The lowest BCUT2D eigenvalue weighted by atomic mass is 10.0. The molecule has 0 saturated carbocycles. The van der Waals surface area contributed by atoms with Gasteiger partial charge in [-0.15, -0.1) is 4.91 Å². The Hall–Kier alpha value is -3.36. The van der Waals surface area contributed by atoms with Gasteiger partial charge in [0, 0.05) is 22.5 Å². The minimum atomic E-state index is -0.723. The second-order valence-corrected chi connectivity index (χ2v) is 7.29. The van der Waals surface area contributed by atoms with Gasteiger partial charge in [-0.05, 0) is 33.8 Å². The van der Waals surface area contributed by atoms with E-state index in [1.807, 2.05) is 0 Å². The predicted molar refractivity (Wildman–Crippen MR) is 95.8 cm³/mol.